The number of aliphatic carboxylic acids is 1. The van der Waals surface area contributed by atoms with Crippen molar-refractivity contribution in [3.63, 3.8) is 0 Å². The lowest BCUT2D eigenvalue weighted by Gasteiger charge is -2.37. The van der Waals surface area contributed by atoms with Crippen LogP contribution in [-0.2, 0) is 9.59 Å². The Hall–Kier alpha value is -1.10. The molecule has 1 fully saturated rings. The van der Waals surface area contributed by atoms with Gasteiger partial charge in [-0.1, -0.05) is 19.8 Å². The molecule has 2 N–H and O–H groups in total. The molecule has 1 amide bonds. The Bertz CT molecular complexity index is 304. The Morgan fingerprint density at radius 1 is 1.47 bits per heavy atom. The van der Waals surface area contributed by atoms with E-state index in [4.69, 9.17) is 0 Å². The third-order valence-electron chi connectivity index (χ3n) is 3.48. The summed E-state index contributed by atoms with van der Waals surface area (Å²) < 4.78 is 0. The lowest BCUT2D eigenvalue weighted by Crippen LogP contribution is -2.56. The molecule has 1 aliphatic rings. The van der Waals surface area contributed by atoms with Crippen LogP contribution >= 0.6 is 0 Å². The number of likely N-dealkylation sites (N-methyl/N-ethyl adjacent to an activating group) is 1. The van der Waals surface area contributed by atoms with E-state index in [0.717, 1.165) is 12.8 Å². The Morgan fingerprint density at radius 2 is 2.12 bits per heavy atom. The predicted octanol–water partition coefficient (Wildman–Crippen LogP) is 0.698. The maximum Gasteiger partial charge on any atom is 0.323 e. The second kappa shape index (κ2) is 5.49. The van der Waals surface area contributed by atoms with Gasteiger partial charge < -0.3 is 10.0 Å². The largest absolute Gasteiger partial charge is 0.480 e. The van der Waals surface area contributed by atoms with Gasteiger partial charge in [-0.05, 0) is 18.8 Å². The topological polar surface area (TPSA) is 69.6 Å². The first-order chi connectivity index (χ1) is 7.87. The van der Waals surface area contributed by atoms with E-state index in [1.54, 1.807) is 14.1 Å². The van der Waals surface area contributed by atoms with Crippen molar-refractivity contribution in [3.8, 4) is 0 Å². The molecule has 17 heavy (non-hydrogen) atoms. The number of rotatable bonds is 4. The highest BCUT2D eigenvalue weighted by Gasteiger charge is 2.41. The van der Waals surface area contributed by atoms with Crippen molar-refractivity contribution in [1.29, 1.82) is 0 Å². The van der Waals surface area contributed by atoms with Crippen molar-refractivity contribution in [3.05, 3.63) is 0 Å². The van der Waals surface area contributed by atoms with Crippen molar-refractivity contribution in [2.45, 2.75) is 38.1 Å². The molecule has 0 aromatic carbocycles. The molecule has 0 aromatic rings. The molecule has 2 unspecified atom stereocenters. The van der Waals surface area contributed by atoms with Crippen molar-refractivity contribution in [2.24, 2.45) is 5.92 Å². The summed E-state index contributed by atoms with van der Waals surface area (Å²) in [5.74, 6) is -0.540. The van der Waals surface area contributed by atoms with Crippen LogP contribution in [0.3, 0.4) is 0 Å². The van der Waals surface area contributed by atoms with E-state index in [2.05, 4.69) is 12.2 Å². The number of nitrogens with one attached hydrogen (secondary N) is 1. The van der Waals surface area contributed by atoms with Gasteiger partial charge in [-0.2, -0.15) is 0 Å². The molecular formula is C12H22N2O3. The van der Waals surface area contributed by atoms with Gasteiger partial charge in [-0.3, -0.25) is 14.9 Å². The molecule has 0 radical (unpaired) electrons. The SMILES string of the molecule is CC1CCCC(NCC(=O)N(C)C)(C(=O)O)C1. The summed E-state index contributed by atoms with van der Waals surface area (Å²) in [7, 11) is 3.34. The number of carbonyl (C=O) groups excluding carboxylic acids is 1. The minimum Gasteiger partial charge on any atom is -0.480 e. The Labute approximate surface area is 102 Å². The summed E-state index contributed by atoms with van der Waals surface area (Å²) in [6, 6.07) is 0. The predicted molar refractivity (Wildman–Crippen MR) is 64.7 cm³/mol. The molecule has 0 aromatic heterocycles. The monoisotopic (exact) mass is 242 g/mol. The maximum absolute atomic E-state index is 11.5. The third kappa shape index (κ3) is 3.43. The van der Waals surface area contributed by atoms with Gasteiger partial charge in [0, 0.05) is 14.1 Å². The summed E-state index contributed by atoms with van der Waals surface area (Å²) in [6.07, 6.45) is 3.17. The molecule has 0 heterocycles. The second-order valence-electron chi connectivity index (χ2n) is 5.23. The zero-order chi connectivity index (χ0) is 13.1. The fraction of sp³-hybridized carbons (Fsp3) is 0.833. The van der Waals surface area contributed by atoms with E-state index in [9.17, 15) is 14.7 Å². The van der Waals surface area contributed by atoms with Crippen molar-refractivity contribution in [1.82, 2.24) is 10.2 Å². The van der Waals surface area contributed by atoms with Gasteiger partial charge >= 0.3 is 5.97 Å². The minimum atomic E-state index is -0.913. The summed E-state index contributed by atoms with van der Waals surface area (Å²) in [5, 5.41) is 12.3. The molecular weight excluding hydrogens is 220 g/mol. The van der Waals surface area contributed by atoms with E-state index in [1.807, 2.05) is 0 Å². The molecule has 0 spiro atoms. The van der Waals surface area contributed by atoms with Gasteiger partial charge in [-0.25, -0.2) is 0 Å². The van der Waals surface area contributed by atoms with E-state index in [1.165, 1.54) is 4.90 Å². The summed E-state index contributed by atoms with van der Waals surface area (Å²) >= 11 is 0. The lowest BCUT2D eigenvalue weighted by atomic mass is 9.76. The summed E-state index contributed by atoms with van der Waals surface area (Å²) in [6.45, 7) is 2.15. The highest BCUT2D eigenvalue weighted by atomic mass is 16.4. The number of hydrogen-bond donors (Lipinski definition) is 2. The van der Waals surface area contributed by atoms with Gasteiger partial charge in [0.1, 0.15) is 5.54 Å². The van der Waals surface area contributed by atoms with Crippen molar-refractivity contribution >= 4 is 11.9 Å². The Balaban J connectivity index is 2.66. The van der Waals surface area contributed by atoms with Crippen LogP contribution in [0, 0.1) is 5.92 Å². The van der Waals surface area contributed by atoms with Gasteiger partial charge in [0.2, 0.25) is 5.91 Å². The average molecular weight is 242 g/mol. The fourth-order valence-corrected chi connectivity index (χ4v) is 2.38. The third-order valence-corrected chi connectivity index (χ3v) is 3.48. The second-order valence-corrected chi connectivity index (χ2v) is 5.23. The Morgan fingerprint density at radius 3 is 2.59 bits per heavy atom. The smallest absolute Gasteiger partial charge is 0.323 e. The number of carboxylic acid groups (broad SMARTS) is 1. The van der Waals surface area contributed by atoms with Crippen LogP contribution in [0.15, 0.2) is 0 Å². The van der Waals surface area contributed by atoms with Crippen molar-refractivity contribution in [2.75, 3.05) is 20.6 Å². The zero-order valence-electron chi connectivity index (χ0n) is 10.8. The minimum absolute atomic E-state index is 0.0893. The molecule has 0 saturated heterocycles. The fourth-order valence-electron chi connectivity index (χ4n) is 2.38. The van der Waals surface area contributed by atoms with Crippen molar-refractivity contribution < 1.29 is 14.7 Å². The molecule has 1 rings (SSSR count). The first-order valence-electron chi connectivity index (χ1n) is 6.06. The van der Waals surface area contributed by atoms with Crippen LogP contribution in [0.4, 0.5) is 0 Å². The number of carboxylic acids is 1. The molecule has 0 aliphatic heterocycles. The highest BCUT2D eigenvalue weighted by molar-refractivity contribution is 5.82. The van der Waals surface area contributed by atoms with E-state index in [0.29, 0.717) is 18.8 Å². The van der Waals surface area contributed by atoms with Crippen LogP contribution in [0.2, 0.25) is 0 Å². The van der Waals surface area contributed by atoms with E-state index >= 15 is 0 Å². The maximum atomic E-state index is 11.5. The van der Waals surface area contributed by atoms with Crippen LogP contribution in [0.25, 0.3) is 0 Å². The molecule has 5 heteroatoms. The molecule has 5 nitrogen and oxygen atoms in total. The van der Waals surface area contributed by atoms with Gasteiger partial charge in [0.25, 0.3) is 0 Å². The van der Waals surface area contributed by atoms with Crippen LogP contribution in [0.1, 0.15) is 32.6 Å². The number of nitrogens with zero attached hydrogens (tertiary/aromatic N) is 1. The number of amides is 1. The van der Waals surface area contributed by atoms with Gasteiger partial charge in [0.05, 0.1) is 6.54 Å². The van der Waals surface area contributed by atoms with Gasteiger partial charge in [-0.15, -0.1) is 0 Å². The molecule has 2 atom stereocenters. The van der Waals surface area contributed by atoms with Gasteiger partial charge in [0.15, 0.2) is 0 Å². The van der Waals surface area contributed by atoms with E-state index < -0.39 is 11.5 Å². The zero-order valence-corrected chi connectivity index (χ0v) is 10.8. The Kier molecular flexibility index (Phi) is 4.51. The average Bonchev–Trinajstić information content (AvgIpc) is 2.25. The number of hydrogen-bond acceptors (Lipinski definition) is 3. The van der Waals surface area contributed by atoms with Crippen LogP contribution in [0.5, 0.6) is 0 Å². The molecule has 0 bridgehead atoms. The number of carbonyl (C=O) groups is 2. The first kappa shape index (κ1) is 14.0. The molecule has 1 saturated carbocycles. The summed E-state index contributed by atoms with van der Waals surface area (Å²) in [4.78, 5) is 24.4. The van der Waals surface area contributed by atoms with E-state index in [-0.39, 0.29) is 12.5 Å². The van der Waals surface area contributed by atoms with Crippen LogP contribution < -0.4 is 5.32 Å². The highest BCUT2D eigenvalue weighted by Crippen LogP contribution is 2.32. The molecule has 98 valence electrons. The standard InChI is InChI=1S/C12H22N2O3/c1-9-5-4-6-12(7-9,11(16)17)13-8-10(15)14(2)3/h9,13H,4-8H2,1-3H3,(H,16,17). The summed E-state index contributed by atoms with van der Waals surface area (Å²) in [5.41, 5.74) is -0.913. The quantitative estimate of drug-likeness (QED) is 0.761. The lowest BCUT2D eigenvalue weighted by molar-refractivity contribution is -0.147. The van der Waals surface area contributed by atoms with Crippen LogP contribution in [-0.4, -0.2) is 48.1 Å². The molecule has 1 aliphatic carbocycles. The first-order valence-corrected chi connectivity index (χ1v) is 6.06. The normalized spacial score (nSPS) is 28.8.